The molecule has 3 N–H and O–H groups in total. The van der Waals surface area contributed by atoms with Gasteiger partial charge in [0.15, 0.2) is 0 Å². The highest BCUT2D eigenvalue weighted by Crippen LogP contribution is 2.32. The van der Waals surface area contributed by atoms with Gasteiger partial charge in [0.25, 0.3) is 5.91 Å². The van der Waals surface area contributed by atoms with E-state index in [1.54, 1.807) is 18.2 Å². The van der Waals surface area contributed by atoms with Gasteiger partial charge in [0.1, 0.15) is 0 Å². The van der Waals surface area contributed by atoms with Crippen molar-refractivity contribution < 1.29 is 14.3 Å². The first kappa shape index (κ1) is 19.1. The summed E-state index contributed by atoms with van der Waals surface area (Å²) < 4.78 is 5.35. The first-order valence-electron chi connectivity index (χ1n) is 9.24. The van der Waals surface area contributed by atoms with Crippen molar-refractivity contribution in [3.63, 3.8) is 0 Å². The van der Waals surface area contributed by atoms with Crippen LogP contribution in [0.25, 0.3) is 0 Å². The van der Waals surface area contributed by atoms with Gasteiger partial charge in [0.2, 0.25) is 5.91 Å². The van der Waals surface area contributed by atoms with E-state index >= 15 is 0 Å². The Hall–Kier alpha value is -1.63. The van der Waals surface area contributed by atoms with Crippen LogP contribution >= 0.6 is 11.6 Å². The third kappa shape index (κ3) is 4.03. The number of nitrogens with one attached hydrogen (secondary N) is 1. The number of nitrogens with two attached hydrogens (primary N) is 1. The molecular formula is C19H26ClN3O3. The fourth-order valence-corrected chi connectivity index (χ4v) is 3.84. The highest BCUT2D eigenvalue weighted by atomic mass is 35.5. The van der Waals surface area contributed by atoms with Gasteiger partial charge in [-0.2, -0.15) is 0 Å². The molecule has 0 spiro atoms. The molecule has 2 heterocycles. The fourth-order valence-electron chi connectivity index (χ4n) is 3.58. The van der Waals surface area contributed by atoms with E-state index in [0.717, 1.165) is 32.4 Å². The second-order valence-electron chi connectivity index (χ2n) is 7.10. The van der Waals surface area contributed by atoms with E-state index in [2.05, 4.69) is 5.32 Å². The van der Waals surface area contributed by atoms with Gasteiger partial charge in [-0.1, -0.05) is 11.6 Å². The van der Waals surface area contributed by atoms with E-state index in [9.17, 15) is 9.59 Å². The molecule has 0 bridgehead atoms. The molecule has 142 valence electrons. The molecule has 0 unspecified atom stereocenters. The number of anilines is 1. The summed E-state index contributed by atoms with van der Waals surface area (Å²) in [6.45, 7) is 2.90. The number of carbonyl (C=O) groups excluding carboxylic acids is 2. The van der Waals surface area contributed by atoms with Crippen LogP contribution in [0.2, 0.25) is 5.02 Å². The fraction of sp³-hybridized carbons (Fsp3) is 0.579. The molecule has 1 aromatic rings. The molecule has 1 aromatic carbocycles. The highest BCUT2D eigenvalue weighted by molar-refractivity contribution is 6.34. The molecular weight excluding hydrogens is 354 g/mol. The second kappa shape index (κ2) is 8.37. The number of hydrogen-bond acceptors (Lipinski definition) is 4. The third-order valence-electron chi connectivity index (χ3n) is 5.42. The maximum Gasteiger partial charge on any atom is 0.255 e. The van der Waals surface area contributed by atoms with Crippen LogP contribution in [0.1, 0.15) is 42.5 Å². The summed E-state index contributed by atoms with van der Waals surface area (Å²) in [4.78, 5) is 27.2. The number of rotatable bonds is 4. The minimum atomic E-state index is -0.604. The Morgan fingerprint density at radius 1 is 1.19 bits per heavy atom. The minimum absolute atomic E-state index is 0.0459. The predicted octanol–water partition coefficient (Wildman–Crippen LogP) is 2.66. The van der Waals surface area contributed by atoms with Crippen LogP contribution in [-0.4, -0.2) is 49.6 Å². The van der Waals surface area contributed by atoms with Gasteiger partial charge in [0.05, 0.1) is 16.0 Å². The maximum absolute atomic E-state index is 12.7. The Kier molecular flexibility index (Phi) is 6.16. The molecule has 2 aliphatic heterocycles. The molecule has 7 heteroatoms. The lowest BCUT2D eigenvalue weighted by Crippen LogP contribution is -2.46. The summed E-state index contributed by atoms with van der Waals surface area (Å²) in [5, 5.41) is 3.26. The average Bonchev–Trinajstić information content (AvgIpc) is 2.68. The standard InChI is InChI=1S/C19H26ClN3O3/c20-16-12-14(22-18(25)19(13-21)6-10-26-11-7-19)4-5-15(16)17(24)23-8-2-1-3-9-23/h4-5,12H,1-3,6-11,13,21H2,(H,22,25). The Morgan fingerprint density at radius 2 is 1.88 bits per heavy atom. The predicted molar refractivity (Wildman–Crippen MR) is 101 cm³/mol. The molecule has 2 aliphatic rings. The number of carbonyl (C=O) groups is 2. The first-order chi connectivity index (χ1) is 12.6. The van der Waals surface area contributed by atoms with Crippen molar-refractivity contribution in [1.82, 2.24) is 4.90 Å². The van der Waals surface area contributed by atoms with Gasteiger partial charge < -0.3 is 20.7 Å². The Bertz CT molecular complexity index is 668. The van der Waals surface area contributed by atoms with Crippen molar-refractivity contribution in [2.45, 2.75) is 32.1 Å². The molecule has 0 atom stereocenters. The molecule has 3 rings (SSSR count). The van der Waals surface area contributed by atoms with E-state index < -0.39 is 5.41 Å². The van der Waals surface area contributed by atoms with Gasteiger partial charge >= 0.3 is 0 Å². The number of benzene rings is 1. The molecule has 2 saturated heterocycles. The van der Waals surface area contributed by atoms with Crippen LogP contribution in [0.15, 0.2) is 18.2 Å². The van der Waals surface area contributed by atoms with E-state index in [4.69, 9.17) is 22.1 Å². The smallest absolute Gasteiger partial charge is 0.255 e. The largest absolute Gasteiger partial charge is 0.381 e. The summed E-state index contributed by atoms with van der Waals surface area (Å²) in [5.41, 5.74) is 6.33. The summed E-state index contributed by atoms with van der Waals surface area (Å²) in [6.07, 6.45) is 4.43. The zero-order valence-corrected chi connectivity index (χ0v) is 15.7. The van der Waals surface area contributed by atoms with E-state index in [0.29, 0.717) is 42.3 Å². The van der Waals surface area contributed by atoms with Crippen molar-refractivity contribution in [1.29, 1.82) is 0 Å². The van der Waals surface area contributed by atoms with Gasteiger partial charge in [-0.25, -0.2) is 0 Å². The second-order valence-corrected chi connectivity index (χ2v) is 7.51. The van der Waals surface area contributed by atoms with Crippen LogP contribution in [0, 0.1) is 5.41 Å². The average molecular weight is 380 g/mol. The minimum Gasteiger partial charge on any atom is -0.381 e. The van der Waals surface area contributed by atoms with E-state index in [1.807, 2.05) is 4.90 Å². The molecule has 0 saturated carbocycles. The number of halogens is 1. The normalized spacial score (nSPS) is 19.8. The Morgan fingerprint density at radius 3 is 2.50 bits per heavy atom. The molecule has 0 aromatic heterocycles. The van der Waals surface area contributed by atoms with E-state index in [1.165, 1.54) is 0 Å². The van der Waals surface area contributed by atoms with Crippen molar-refractivity contribution in [2.24, 2.45) is 11.1 Å². The van der Waals surface area contributed by atoms with Gasteiger partial charge in [-0.05, 0) is 50.3 Å². The monoisotopic (exact) mass is 379 g/mol. The topological polar surface area (TPSA) is 84.7 Å². The van der Waals surface area contributed by atoms with Crippen LogP contribution in [-0.2, 0) is 9.53 Å². The summed E-state index contributed by atoms with van der Waals surface area (Å²) in [7, 11) is 0. The van der Waals surface area contributed by atoms with Crippen molar-refractivity contribution in [2.75, 3.05) is 38.2 Å². The molecule has 2 amide bonds. The lowest BCUT2D eigenvalue weighted by atomic mass is 9.79. The van der Waals surface area contributed by atoms with Gasteiger partial charge in [-0.15, -0.1) is 0 Å². The number of likely N-dealkylation sites (tertiary alicyclic amines) is 1. The summed E-state index contributed by atoms with van der Waals surface area (Å²) >= 11 is 6.34. The van der Waals surface area contributed by atoms with Gasteiger partial charge in [0, 0.05) is 38.5 Å². The zero-order valence-electron chi connectivity index (χ0n) is 14.9. The van der Waals surface area contributed by atoms with Crippen LogP contribution in [0.3, 0.4) is 0 Å². The van der Waals surface area contributed by atoms with Crippen molar-refractivity contribution in [3.05, 3.63) is 28.8 Å². The quantitative estimate of drug-likeness (QED) is 0.842. The molecule has 0 aliphatic carbocycles. The Labute approximate surface area is 159 Å². The summed E-state index contributed by atoms with van der Waals surface area (Å²) in [6, 6.07) is 5.05. The van der Waals surface area contributed by atoms with Crippen LogP contribution in [0.4, 0.5) is 5.69 Å². The lowest BCUT2D eigenvalue weighted by molar-refractivity contribution is -0.130. The van der Waals surface area contributed by atoms with Crippen LogP contribution < -0.4 is 11.1 Å². The Balaban J connectivity index is 1.70. The van der Waals surface area contributed by atoms with Crippen molar-refractivity contribution in [3.8, 4) is 0 Å². The summed E-state index contributed by atoms with van der Waals surface area (Å²) in [5.74, 6) is -0.162. The number of ether oxygens (including phenoxy) is 1. The molecule has 26 heavy (non-hydrogen) atoms. The zero-order chi connectivity index (χ0) is 18.6. The molecule has 0 radical (unpaired) electrons. The number of amides is 2. The highest BCUT2D eigenvalue weighted by Gasteiger charge is 2.38. The van der Waals surface area contributed by atoms with Crippen LogP contribution in [0.5, 0.6) is 0 Å². The number of nitrogens with zero attached hydrogens (tertiary/aromatic N) is 1. The first-order valence-corrected chi connectivity index (χ1v) is 9.62. The SMILES string of the molecule is NCC1(C(=O)Nc2ccc(C(=O)N3CCCCC3)c(Cl)c2)CCOCC1. The lowest BCUT2D eigenvalue weighted by Gasteiger charge is -2.34. The van der Waals surface area contributed by atoms with Crippen molar-refractivity contribution >= 4 is 29.1 Å². The maximum atomic E-state index is 12.7. The molecule has 2 fully saturated rings. The van der Waals surface area contributed by atoms with E-state index in [-0.39, 0.29) is 18.4 Å². The number of piperidine rings is 1. The number of hydrogen-bond donors (Lipinski definition) is 2. The molecule has 6 nitrogen and oxygen atoms in total. The third-order valence-corrected chi connectivity index (χ3v) is 5.74. The van der Waals surface area contributed by atoms with Gasteiger partial charge in [-0.3, -0.25) is 9.59 Å².